The third kappa shape index (κ3) is 3.38. The molecule has 0 aliphatic heterocycles. The molecule has 3 aromatic rings. The summed E-state index contributed by atoms with van der Waals surface area (Å²) in [5.41, 5.74) is 10.2. The highest BCUT2D eigenvalue weighted by atomic mass is 16.2. The summed E-state index contributed by atoms with van der Waals surface area (Å²) in [5.74, 6) is 0.285. The van der Waals surface area contributed by atoms with Crippen LogP contribution in [0, 0.1) is 0 Å². The zero-order chi connectivity index (χ0) is 19.0. The fourth-order valence-electron chi connectivity index (χ4n) is 3.51. The van der Waals surface area contributed by atoms with E-state index in [0.29, 0.717) is 11.6 Å². The number of carbonyl (C=O) groups is 1. The Hall–Kier alpha value is -2.93. The van der Waals surface area contributed by atoms with Gasteiger partial charge in [0.2, 0.25) is 5.95 Å². The van der Waals surface area contributed by atoms with Crippen molar-refractivity contribution < 1.29 is 4.79 Å². The van der Waals surface area contributed by atoms with Crippen LogP contribution in [0.1, 0.15) is 48.1 Å². The van der Waals surface area contributed by atoms with Crippen LogP contribution in [0.25, 0.3) is 11.3 Å². The summed E-state index contributed by atoms with van der Waals surface area (Å²) in [6.07, 6.45) is 4.33. The van der Waals surface area contributed by atoms with Crippen molar-refractivity contribution >= 4 is 11.9 Å². The van der Waals surface area contributed by atoms with Gasteiger partial charge in [0, 0.05) is 41.5 Å². The van der Waals surface area contributed by atoms with E-state index in [1.807, 2.05) is 41.1 Å². The molecule has 0 saturated heterocycles. The lowest BCUT2D eigenvalue weighted by atomic mass is 9.92. The van der Waals surface area contributed by atoms with Crippen molar-refractivity contribution in [3.63, 3.8) is 0 Å². The molecule has 4 N–H and O–H groups in total. The van der Waals surface area contributed by atoms with Crippen LogP contribution in [0.15, 0.2) is 36.5 Å². The minimum atomic E-state index is -0.241. The number of hydrogen-bond donors (Lipinski definition) is 3. The number of nitrogens with one attached hydrogen (secondary N) is 2. The highest BCUT2D eigenvalue weighted by Crippen LogP contribution is 2.26. The first-order chi connectivity index (χ1) is 13.0. The summed E-state index contributed by atoms with van der Waals surface area (Å²) in [6.45, 7) is 4.12. The monoisotopic (exact) mass is 364 g/mol. The maximum absolute atomic E-state index is 12.9. The highest BCUT2D eigenvalue weighted by molar-refractivity contribution is 6.03. The van der Waals surface area contributed by atoms with Gasteiger partial charge in [-0.3, -0.25) is 15.2 Å². The molecule has 0 radical (unpaired) electrons. The van der Waals surface area contributed by atoms with Gasteiger partial charge in [-0.25, -0.2) is 4.98 Å². The molecule has 2 aromatic heterocycles. The largest absolute Gasteiger partial charge is 0.327 e. The minimum Gasteiger partial charge on any atom is -0.327 e. The molecule has 0 fully saturated rings. The zero-order valence-electron chi connectivity index (χ0n) is 15.6. The Labute approximate surface area is 158 Å². The van der Waals surface area contributed by atoms with Crippen molar-refractivity contribution in [3.05, 3.63) is 53.5 Å². The average Bonchev–Trinajstić information content (AvgIpc) is 3.26. The Morgan fingerprint density at radius 3 is 2.85 bits per heavy atom. The number of amides is 1. The molecule has 0 bridgehead atoms. The number of aromatic amines is 1. The number of anilines is 1. The lowest BCUT2D eigenvalue weighted by Gasteiger charge is -2.17. The second-order valence-corrected chi connectivity index (χ2v) is 7.30. The Balaban J connectivity index is 1.63. The number of hydrogen-bond acceptors (Lipinski definition) is 4. The van der Waals surface area contributed by atoms with E-state index < -0.39 is 0 Å². The number of nitrogens with zero attached hydrogens (tertiary/aromatic N) is 3. The third-order valence-corrected chi connectivity index (χ3v) is 4.98. The molecule has 1 amide bonds. The Morgan fingerprint density at radius 2 is 2.11 bits per heavy atom. The van der Waals surface area contributed by atoms with Gasteiger partial charge in [0.1, 0.15) is 0 Å². The molecular weight excluding hydrogens is 340 g/mol. The molecule has 0 spiro atoms. The summed E-state index contributed by atoms with van der Waals surface area (Å²) in [7, 11) is 0. The van der Waals surface area contributed by atoms with E-state index in [1.165, 1.54) is 0 Å². The molecule has 1 unspecified atom stereocenters. The van der Waals surface area contributed by atoms with Gasteiger partial charge < -0.3 is 10.3 Å². The van der Waals surface area contributed by atoms with Gasteiger partial charge in [-0.1, -0.05) is 30.3 Å². The molecule has 1 atom stereocenters. The molecule has 7 heteroatoms. The number of fused-ring (bicyclic) bond motifs is 1. The van der Waals surface area contributed by atoms with Crippen molar-refractivity contribution in [2.24, 2.45) is 5.73 Å². The quantitative estimate of drug-likeness (QED) is 0.662. The van der Waals surface area contributed by atoms with Crippen LogP contribution < -0.4 is 11.1 Å². The average molecular weight is 364 g/mol. The smallest absolute Gasteiger partial charge is 0.278 e. The second-order valence-electron chi connectivity index (χ2n) is 7.30. The molecular formula is C20H24N6O. The lowest BCUT2D eigenvalue weighted by Crippen LogP contribution is -2.28. The fourth-order valence-corrected chi connectivity index (χ4v) is 3.51. The van der Waals surface area contributed by atoms with E-state index in [9.17, 15) is 4.79 Å². The standard InChI is InChI=1S/C20H24N6O/c1-12(2)26-11-17(13-6-4-3-5-7-13)22-20(26)23-19(27)18-15-9-8-14(21)10-16(15)24-25-18/h3-7,11-12,14H,8-10,21H2,1-2H3,(H,24,25)(H,22,23,27). The van der Waals surface area contributed by atoms with Crippen LogP contribution in [0.2, 0.25) is 0 Å². The topological polar surface area (TPSA) is 102 Å². The first-order valence-corrected chi connectivity index (χ1v) is 9.30. The first-order valence-electron chi connectivity index (χ1n) is 9.30. The number of H-pyrrole nitrogens is 1. The van der Waals surface area contributed by atoms with Crippen molar-refractivity contribution in [3.8, 4) is 11.3 Å². The van der Waals surface area contributed by atoms with Gasteiger partial charge in [-0.2, -0.15) is 5.10 Å². The van der Waals surface area contributed by atoms with E-state index in [2.05, 4.69) is 34.3 Å². The normalized spacial score (nSPS) is 16.4. The summed E-state index contributed by atoms with van der Waals surface area (Å²) in [4.78, 5) is 17.5. The van der Waals surface area contributed by atoms with E-state index in [0.717, 1.165) is 41.8 Å². The van der Waals surface area contributed by atoms with Crippen molar-refractivity contribution in [2.75, 3.05) is 5.32 Å². The van der Waals surface area contributed by atoms with Gasteiger partial charge in [0.25, 0.3) is 5.91 Å². The fraction of sp³-hybridized carbons (Fsp3) is 0.350. The summed E-state index contributed by atoms with van der Waals surface area (Å²) < 4.78 is 1.97. The molecule has 1 aromatic carbocycles. The van der Waals surface area contributed by atoms with Gasteiger partial charge >= 0.3 is 0 Å². The maximum Gasteiger partial charge on any atom is 0.278 e. The van der Waals surface area contributed by atoms with Gasteiger partial charge in [-0.15, -0.1) is 0 Å². The number of aromatic nitrogens is 4. The van der Waals surface area contributed by atoms with Crippen molar-refractivity contribution in [1.82, 2.24) is 19.7 Å². The Kier molecular flexibility index (Phi) is 4.53. The Bertz CT molecular complexity index is 956. The van der Waals surface area contributed by atoms with E-state index >= 15 is 0 Å². The SMILES string of the molecule is CC(C)n1cc(-c2ccccc2)nc1NC(=O)c1n[nH]c2c1CCC(N)C2. The number of rotatable bonds is 4. The highest BCUT2D eigenvalue weighted by Gasteiger charge is 2.26. The summed E-state index contributed by atoms with van der Waals surface area (Å²) in [6, 6.07) is 10.2. The van der Waals surface area contributed by atoms with Crippen LogP contribution in [0.4, 0.5) is 5.95 Å². The summed E-state index contributed by atoms with van der Waals surface area (Å²) >= 11 is 0. The molecule has 0 saturated carbocycles. The van der Waals surface area contributed by atoms with Crippen LogP contribution in [0.3, 0.4) is 0 Å². The molecule has 2 heterocycles. The molecule has 27 heavy (non-hydrogen) atoms. The number of imidazole rings is 1. The van der Waals surface area contributed by atoms with E-state index in [-0.39, 0.29) is 18.0 Å². The molecule has 7 nitrogen and oxygen atoms in total. The van der Waals surface area contributed by atoms with Gasteiger partial charge in [0.05, 0.1) is 5.69 Å². The van der Waals surface area contributed by atoms with E-state index in [1.54, 1.807) is 0 Å². The zero-order valence-corrected chi connectivity index (χ0v) is 15.6. The molecule has 140 valence electrons. The van der Waals surface area contributed by atoms with Crippen molar-refractivity contribution in [2.45, 2.75) is 45.2 Å². The van der Waals surface area contributed by atoms with Crippen LogP contribution >= 0.6 is 0 Å². The first kappa shape index (κ1) is 17.5. The minimum absolute atomic E-state index is 0.127. The predicted molar refractivity (Wildman–Crippen MR) is 105 cm³/mol. The van der Waals surface area contributed by atoms with Crippen LogP contribution in [-0.4, -0.2) is 31.7 Å². The van der Waals surface area contributed by atoms with Crippen LogP contribution in [0.5, 0.6) is 0 Å². The third-order valence-electron chi connectivity index (χ3n) is 4.98. The molecule has 4 rings (SSSR count). The van der Waals surface area contributed by atoms with Crippen molar-refractivity contribution in [1.29, 1.82) is 0 Å². The van der Waals surface area contributed by atoms with Gasteiger partial charge in [-0.05, 0) is 26.7 Å². The maximum atomic E-state index is 12.9. The predicted octanol–water partition coefficient (Wildman–Crippen LogP) is 2.92. The summed E-state index contributed by atoms with van der Waals surface area (Å²) in [5, 5.41) is 10.2. The molecule has 1 aliphatic rings. The second kappa shape index (κ2) is 7.00. The van der Waals surface area contributed by atoms with Gasteiger partial charge in [0.15, 0.2) is 5.69 Å². The Morgan fingerprint density at radius 1 is 1.33 bits per heavy atom. The number of benzene rings is 1. The number of carbonyl (C=O) groups excluding carboxylic acids is 1. The van der Waals surface area contributed by atoms with E-state index in [4.69, 9.17) is 5.73 Å². The number of nitrogens with two attached hydrogens (primary N) is 1. The van der Waals surface area contributed by atoms with Crippen LogP contribution in [-0.2, 0) is 12.8 Å². The molecule has 1 aliphatic carbocycles. The lowest BCUT2D eigenvalue weighted by molar-refractivity contribution is 0.102.